The van der Waals surface area contributed by atoms with Gasteiger partial charge in [0.25, 0.3) is 0 Å². The smallest absolute Gasteiger partial charge is 0.319 e. The highest BCUT2D eigenvalue weighted by Gasteiger charge is 2.45. The molecule has 47 heavy (non-hydrogen) atoms. The predicted molar refractivity (Wildman–Crippen MR) is 196 cm³/mol. The summed E-state index contributed by atoms with van der Waals surface area (Å²) in [4.78, 5) is 14.9. The summed E-state index contributed by atoms with van der Waals surface area (Å²) in [6.45, 7) is 5.13. The van der Waals surface area contributed by atoms with Crippen LogP contribution in [-0.2, 0) is 4.74 Å². The van der Waals surface area contributed by atoms with Crippen LogP contribution >= 0.6 is 0 Å². The number of aliphatic hydroxyl groups excluding tert-OH is 3. The first-order valence-corrected chi connectivity index (χ1v) is 20.4. The van der Waals surface area contributed by atoms with Crippen LogP contribution in [0.4, 0.5) is 4.79 Å². The van der Waals surface area contributed by atoms with Crippen molar-refractivity contribution in [1.82, 2.24) is 10.2 Å². The summed E-state index contributed by atoms with van der Waals surface area (Å²) in [5.41, 5.74) is 6.26. The van der Waals surface area contributed by atoms with Gasteiger partial charge in [-0.3, -0.25) is 4.90 Å². The van der Waals surface area contributed by atoms with Gasteiger partial charge in [-0.15, -0.1) is 0 Å². The van der Waals surface area contributed by atoms with Gasteiger partial charge >= 0.3 is 6.03 Å². The lowest BCUT2D eigenvalue weighted by atomic mass is 9.96. The summed E-state index contributed by atoms with van der Waals surface area (Å²) >= 11 is 0. The van der Waals surface area contributed by atoms with E-state index in [9.17, 15) is 20.1 Å². The molecule has 6 N–H and O–H groups in total. The fraction of sp³-hybridized carbons (Fsp3) is 0.974. The highest BCUT2D eigenvalue weighted by molar-refractivity contribution is 5.74. The van der Waals surface area contributed by atoms with E-state index in [0.29, 0.717) is 13.1 Å². The second-order valence-electron chi connectivity index (χ2n) is 14.4. The highest BCUT2D eigenvalue weighted by Crippen LogP contribution is 2.24. The van der Waals surface area contributed by atoms with E-state index in [2.05, 4.69) is 19.2 Å². The van der Waals surface area contributed by atoms with Crippen molar-refractivity contribution in [2.75, 3.05) is 19.7 Å². The Balaban J connectivity index is 2.28. The van der Waals surface area contributed by atoms with Crippen molar-refractivity contribution in [3.8, 4) is 0 Å². The summed E-state index contributed by atoms with van der Waals surface area (Å²) in [7, 11) is 0. The van der Waals surface area contributed by atoms with E-state index < -0.39 is 37.2 Å². The SMILES string of the molecule is CCCCCCCCCCCCCCCCCCNC(=O)N(CCCCCCCCCCCCCC)[C@@H]1O[C@H](CO)[C@H](O)[C@H](O)[C@H]1N. The number of carbonyl (C=O) groups excluding carboxylic acids is 1. The molecule has 1 saturated heterocycles. The molecule has 1 aliphatic heterocycles. The van der Waals surface area contributed by atoms with Crippen molar-refractivity contribution in [3.63, 3.8) is 0 Å². The molecule has 8 nitrogen and oxygen atoms in total. The van der Waals surface area contributed by atoms with Crippen LogP contribution in [0.15, 0.2) is 0 Å². The molecule has 0 aliphatic carbocycles. The molecule has 8 heteroatoms. The maximum absolute atomic E-state index is 13.3. The molecule has 0 radical (unpaired) electrons. The van der Waals surface area contributed by atoms with Gasteiger partial charge in [0.1, 0.15) is 18.3 Å². The van der Waals surface area contributed by atoms with Crippen molar-refractivity contribution in [1.29, 1.82) is 0 Å². The normalized spacial score (nSPS) is 21.3. The van der Waals surface area contributed by atoms with E-state index >= 15 is 0 Å². The number of nitrogens with zero attached hydrogens (tertiary/aromatic N) is 1. The molecule has 2 amide bonds. The topological polar surface area (TPSA) is 128 Å². The maximum atomic E-state index is 13.3. The Bertz CT molecular complexity index is 698. The van der Waals surface area contributed by atoms with Crippen LogP contribution in [0.5, 0.6) is 0 Å². The molecular weight excluding hydrogens is 590 g/mol. The maximum Gasteiger partial charge on any atom is 0.319 e. The van der Waals surface area contributed by atoms with Crippen molar-refractivity contribution >= 4 is 6.03 Å². The Kier molecular flexibility index (Phi) is 29.2. The quantitative estimate of drug-likeness (QED) is 0.0456. The number of unbranched alkanes of at least 4 members (excludes halogenated alkanes) is 26. The van der Waals surface area contributed by atoms with Gasteiger partial charge in [-0.2, -0.15) is 0 Å². The average molecular weight is 670 g/mol. The number of hydrogen-bond acceptors (Lipinski definition) is 6. The van der Waals surface area contributed by atoms with Crippen molar-refractivity contribution in [2.45, 2.75) is 224 Å². The van der Waals surface area contributed by atoms with Crippen molar-refractivity contribution in [3.05, 3.63) is 0 Å². The van der Waals surface area contributed by atoms with E-state index in [1.807, 2.05) is 0 Å². The Morgan fingerprint density at radius 1 is 0.596 bits per heavy atom. The molecule has 0 unspecified atom stereocenters. The minimum atomic E-state index is -1.28. The Labute approximate surface area is 290 Å². The van der Waals surface area contributed by atoms with Crippen LogP contribution in [0.25, 0.3) is 0 Å². The minimum Gasteiger partial charge on any atom is -0.394 e. The molecule has 0 aromatic carbocycles. The number of rotatable bonds is 32. The molecular formula is C39H79N3O5. The molecule has 0 aromatic rings. The number of aliphatic hydroxyl groups is 3. The van der Waals surface area contributed by atoms with Gasteiger partial charge in [-0.25, -0.2) is 4.79 Å². The van der Waals surface area contributed by atoms with Crippen molar-refractivity contribution < 1.29 is 24.9 Å². The highest BCUT2D eigenvalue weighted by atomic mass is 16.5. The van der Waals surface area contributed by atoms with Gasteiger partial charge < -0.3 is 31.1 Å². The summed E-state index contributed by atoms with van der Waals surface area (Å²) in [6.07, 6.45) is 31.3. The first-order valence-electron chi connectivity index (χ1n) is 20.4. The van der Waals surface area contributed by atoms with Gasteiger partial charge in [-0.1, -0.05) is 181 Å². The summed E-state index contributed by atoms with van der Waals surface area (Å²) in [5.74, 6) is 0. The number of nitrogens with two attached hydrogens (primary N) is 1. The number of carbonyl (C=O) groups is 1. The summed E-state index contributed by atoms with van der Waals surface area (Å²) in [5, 5.41) is 33.5. The Morgan fingerprint density at radius 2 is 0.957 bits per heavy atom. The van der Waals surface area contributed by atoms with E-state index in [1.54, 1.807) is 4.90 Å². The molecule has 1 heterocycles. The third-order valence-corrected chi connectivity index (χ3v) is 10.1. The fourth-order valence-corrected chi connectivity index (χ4v) is 6.84. The average Bonchev–Trinajstić information content (AvgIpc) is 3.07. The third kappa shape index (κ3) is 21.7. The van der Waals surface area contributed by atoms with E-state index in [4.69, 9.17) is 10.5 Å². The summed E-state index contributed by atoms with van der Waals surface area (Å²) < 4.78 is 5.89. The molecule has 0 bridgehead atoms. The zero-order chi connectivity index (χ0) is 34.4. The zero-order valence-electron chi connectivity index (χ0n) is 31.0. The lowest BCUT2D eigenvalue weighted by Gasteiger charge is -2.45. The molecule has 1 fully saturated rings. The fourth-order valence-electron chi connectivity index (χ4n) is 6.84. The number of hydrogen-bond donors (Lipinski definition) is 5. The number of urea groups is 1. The molecule has 280 valence electrons. The van der Waals surface area contributed by atoms with Crippen LogP contribution in [-0.4, -0.2) is 76.5 Å². The van der Waals surface area contributed by atoms with Gasteiger partial charge in [-0.05, 0) is 12.8 Å². The van der Waals surface area contributed by atoms with Crippen LogP contribution in [0, 0.1) is 0 Å². The number of ether oxygens (including phenoxy) is 1. The zero-order valence-corrected chi connectivity index (χ0v) is 31.0. The van der Waals surface area contributed by atoms with E-state index in [-0.39, 0.29) is 6.03 Å². The van der Waals surface area contributed by atoms with E-state index in [1.165, 1.54) is 148 Å². The van der Waals surface area contributed by atoms with Crippen LogP contribution in [0.2, 0.25) is 0 Å². The first kappa shape index (κ1) is 44.1. The molecule has 0 aromatic heterocycles. The second kappa shape index (κ2) is 31.1. The summed E-state index contributed by atoms with van der Waals surface area (Å²) in [6, 6.07) is -1.21. The Morgan fingerprint density at radius 3 is 1.34 bits per heavy atom. The van der Waals surface area contributed by atoms with Gasteiger partial charge in [0.2, 0.25) is 0 Å². The standard InChI is InChI=1S/C39H79N3O5/c1-3-5-7-9-11-13-15-17-18-19-20-21-23-25-27-29-31-41-39(46)42(38-35(40)37(45)36(44)34(33-43)47-38)32-30-28-26-24-22-16-14-12-10-8-6-4-2/h34-38,43-45H,3-33,40H2,1-2H3,(H,41,46)/t34-,35-,36+,37-,38-/m1/s1. The predicted octanol–water partition coefficient (Wildman–Crippen LogP) is 8.73. The first-order chi connectivity index (χ1) is 23.0. The molecule has 1 aliphatic rings. The van der Waals surface area contributed by atoms with Gasteiger partial charge in [0.05, 0.1) is 12.6 Å². The monoisotopic (exact) mass is 670 g/mol. The molecule has 0 spiro atoms. The largest absolute Gasteiger partial charge is 0.394 e. The lowest BCUT2D eigenvalue weighted by molar-refractivity contribution is -0.218. The van der Waals surface area contributed by atoms with Crippen LogP contribution in [0.1, 0.15) is 194 Å². The molecule has 1 rings (SSSR count). The third-order valence-electron chi connectivity index (χ3n) is 10.1. The van der Waals surface area contributed by atoms with Crippen LogP contribution < -0.4 is 11.1 Å². The van der Waals surface area contributed by atoms with Gasteiger partial charge in [0, 0.05) is 13.1 Å². The number of amides is 2. The van der Waals surface area contributed by atoms with Crippen LogP contribution in [0.3, 0.4) is 0 Å². The molecule has 0 saturated carbocycles. The van der Waals surface area contributed by atoms with E-state index in [0.717, 1.165) is 32.1 Å². The Hall–Kier alpha value is -0.930. The van der Waals surface area contributed by atoms with Crippen molar-refractivity contribution in [2.24, 2.45) is 5.73 Å². The van der Waals surface area contributed by atoms with Gasteiger partial charge in [0.15, 0.2) is 6.23 Å². The second-order valence-corrected chi connectivity index (χ2v) is 14.4. The minimum absolute atomic E-state index is 0.255. The molecule has 5 atom stereocenters. The number of nitrogens with one attached hydrogen (secondary N) is 1. The lowest BCUT2D eigenvalue weighted by Crippen LogP contribution is -2.67.